The van der Waals surface area contributed by atoms with Crippen LogP contribution >= 0.6 is 11.3 Å². The maximum atomic E-state index is 14.2. The third-order valence-corrected chi connectivity index (χ3v) is 9.32. The number of carbonyl (C=O) groups is 2. The molecule has 1 unspecified atom stereocenters. The van der Waals surface area contributed by atoms with Crippen LogP contribution in [0, 0.1) is 0 Å². The Balaban J connectivity index is 1.29. The van der Waals surface area contributed by atoms with Gasteiger partial charge in [0.2, 0.25) is 11.7 Å². The summed E-state index contributed by atoms with van der Waals surface area (Å²) in [6, 6.07) is 20.1. The number of Topliss-reactive ketones (excluding diaryl/α,β-unsaturated/α-hetero) is 1. The quantitative estimate of drug-likeness (QED) is 0.172. The number of thiazole rings is 1. The van der Waals surface area contributed by atoms with Crippen molar-refractivity contribution in [2.24, 2.45) is 4.99 Å². The van der Waals surface area contributed by atoms with Gasteiger partial charge in [-0.3, -0.25) is 24.5 Å². The van der Waals surface area contributed by atoms with E-state index in [0.717, 1.165) is 48.5 Å². The van der Waals surface area contributed by atoms with E-state index in [1.165, 1.54) is 4.90 Å². The van der Waals surface area contributed by atoms with Crippen molar-refractivity contribution < 1.29 is 28.9 Å². The SMILES string of the molecule is CN(C(=O)OC(C)(C)C)c1ccc(C2(C(=O)COc3ccc(Cc4sc(=O)[nH]c4O)cc3)C=CC=N2)c(Oc2ccccc2N2CCCC2)c1. The molecule has 11 nitrogen and oxygen atoms in total. The number of ketones is 1. The number of allylic oxidation sites excluding steroid dienone is 1. The van der Waals surface area contributed by atoms with Gasteiger partial charge in [0.05, 0.1) is 16.3 Å². The zero-order valence-corrected chi connectivity index (χ0v) is 29.3. The molecule has 3 heterocycles. The lowest BCUT2D eigenvalue weighted by molar-refractivity contribution is -0.124. The topological polar surface area (TPSA) is 134 Å². The van der Waals surface area contributed by atoms with Crippen molar-refractivity contribution in [1.29, 1.82) is 0 Å². The van der Waals surface area contributed by atoms with Crippen LogP contribution in [0.15, 0.2) is 88.7 Å². The molecule has 3 aromatic carbocycles. The number of nitrogens with zero attached hydrogens (tertiary/aromatic N) is 3. The van der Waals surface area contributed by atoms with E-state index in [0.29, 0.717) is 39.8 Å². The van der Waals surface area contributed by atoms with Crippen LogP contribution in [0.5, 0.6) is 23.1 Å². The Morgan fingerprint density at radius 1 is 1.04 bits per heavy atom. The first kappa shape index (κ1) is 34.5. The molecule has 1 atom stereocenters. The first-order chi connectivity index (χ1) is 23.9. The van der Waals surface area contributed by atoms with E-state index in [-0.39, 0.29) is 23.1 Å². The van der Waals surface area contributed by atoms with E-state index >= 15 is 0 Å². The fourth-order valence-corrected chi connectivity index (χ4v) is 6.67. The van der Waals surface area contributed by atoms with Gasteiger partial charge in [-0.2, -0.15) is 0 Å². The minimum atomic E-state index is -1.44. The molecular formula is C38H40N4O7S. The van der Waals surface area contributed by atoms with Gasteiger partial charge in [-0.1, -0.05) is 35.6 Å². The lowest BCUT2D eigenvalue weighted by atomic mass is 9.86. The van der Waals surface area contributed by atoms with Crippen LogP contribution in [0.4, 0.5) is 16.2 Å². The summed E-state index contributed by atoms with van der Waals surface area (Å²) in [7, 11) is 1.63. The van der Waals surface area contributed by atoms with Crippen LogP contribution in [0.25, 0.3) is 0 Å². The summed E-state index contributed by atoms with van der Waals surface area (Å²) in [6.45, 7) is 6.97. The fourth-order valence-electron chi connectivity index (χ4n) is 5.92. The van der Waals surface area contributed by atoms with Crippen LogP contribution < -0.4 is 24.1 Å². The van der Waals surface area contributed by atoms with E-state index < -0.39 is 17.2 Å². The summed E-state index contributed by atoms with van der Waals surface area (Å²) >= 11 is 0.958. The molecule has 12 heteroatoms. The Morgan fingerprint density at radius 2 is 1.78 bits per heavy atom. The van der Waals surface area contributed by atoms with E-state index in [4.69, 9.17) is 14.2 Å². The molecule has 2 N–H and O–H groups in total. The van der Waals surface area contributed by atoms with Crippen molar-refractivity contribution in [3.63, 3.8) is 0 Å². The van der Waals surface area contributed by atoms with Gasteiger partial charge in [-0.15, -0.1) is 0 Å². The standard InChI is InChI=1S/C38H40N4O7S/c1-37(2,3)49-36(46)41(4)26-14-17-28(31(23-26)48-30-11-6-5-10-29(30)42-20-7-8-21-42)38(18-9-19-39-38)33(43)24-47-27-15-12-25(13-16-27)22-32-34(44)40-35(45)50-32/h5-6,9-19,23,44H,7-8,20-22,24H2,1-4H3,(H,40,45). The lowest BCUT2D eigenvalue weighted by Gasteiger charge is -2.29. The first-order valence-electron chi connectivity index (χ1n) is 16.4. The second-order valence-electron chi connectivity index (χ2n) is 13.2. The van der Waals surface area contributed by atoms with Crippen LogP contribution in [0.3, 0.4) is 0 Å². The maximum absolute atomic E-state index is 14.2. The number of H-pyrrole nitrogens is 1. The predicted octanol–water partition coefficient (Wildman–Crippen LogP) is 6.98. The summed E-state index contributed by atoms with van der Waals surface area (Å²) in [6.07, 6.45) is 7.06. The van der Waals surface area contributed by atoms with E-state index in [1.54, 1.807) is 55.7 Å². The number of para-hydroxylation sites is 2. The highest BCUT2D eigenvalue weighted by molar-refractivity contribution is 7.09. The van der Waals surface area contributed by atoms with Gasteiger partial charge in [-0.05, 0) is 87.7 Å². The average molecular weight is 697 g/mol. The number of hydrogen-bond donors (Lipinski definition) is 2. The number of hydrogen-bond acceptors (Lipinski definition) is 10. The van der Waals surface area contributed by atoms with E-state index in [9.17, 15) is 19.5 Å². The minimum absolute atomic E-state index is 0.131. The molecule has 260 valence electrons. The van der Waals surface area contributed by atoms with E-state index in [1.807, 2.05) is 57.2 Å². The van der Waals surface area contributed by atoms with Gasteiger partial charge < -0.3 is 24.2 Å². The monoisotopic (exact) mass is 696 g/mol. The molecule has 2 aliphatic rings. The Labute approximate surface area is 294 Å². The van der Waals surface area contributed by atoms with Gasteiger partial charge in [0, 0.05) is 44.4 Å². The highest BCUT2D eigenvalue weighted by Crippen LogP contribution is 2.43. The third kappa shape index (κ3) is 7.60. The van der Waals surface area contributed by atoms with Gasteiger partial charge in [0.1, 0.15) is 23.7 Å². The molecule has 0 bridgehead atoms. The smallest absolute Gasteiger partial charge is 0.414 e. The normalized spacial score (nSPS) is 16.8. The Hall–Kier alpha value is -5.36. The number of amides is 1. The van der Waals surface area contributed by atoms with Crippen molar-refractivity contribution in [2.75, 3.05) is 36.5 Å². The number of rotatable bonds is 11. The predicted molar refractivity (Wildman–Crippen MR) is 195 cm³/mol. The summed E-state index contributed by atoms with van der Waals surface area (Å²) < 4.78 is 18.3. The highest BCUT2D eigenvalue weighted by Gasteiger charge is 2.42. The number of ether oxygens (including phenoxy) is 3. The summed E-state index contributed by atoms with van der Waals surface area (Å²) in [5.74, 6) is 1.01. The molecule has 0 spiro atoms. The third-order valence-electron chi connectivity index (χ3n) is 8.45. The van der Waals surface area contributed by atoms with Crippen molar-refractivity contribution in [3.05, 3.63) is 105 Å². The fraction of sp³-hybridized carbons (Fsp3) is 0.316. The van der Waals surface area contributed by atoms with Crippen molar-refractivity contribution in [3.8, 4) is 23.1 Å². The number of aliphatic imine (C=N–C) groups is 1. The molecule has 50 heavy (non-hydrogen) atoms. The Morgan fingerprint density at radius 3 is 2.44 bits per heavy atom. The summed E-state index contributed by atoms with van der Waals surface area (Å²) in [5.41, 5.74) is 0.690. The van der Waals surface area contributed by atoms with Gasteiger partial charge in [0.15, 0.2) is 11.3 Å². The van der Waals surface area contributed by atoms with Crippen molar-refractivity contribution in [2.45, 2.75) is 51.2 Å². The number of anilines is 2. The Kier molecular flexibility index (Phi) is 9.83. The molecule has 0 radical (unpaired) electrons. The van der Waals surface area contributed by atoms with Crippen LogP contribution in [0.2, 0.25) is 0 Å². The molecule has 1 fully saturated rings. The van der Waals surface area contributed by atoms with Crippen LogP contribution in [-0.2, 0) is 21.5 Å². The lowest BCUT2D eigenvalue weighted by Crippen LogP contribution is -2.36. The molecule has 1 saturated heterocycles. The molecule has 1 amide bonds. The number of aromatic hydroxyl groups is 1. The number of nitrogens with one attached hydrogen (secondary N) is 1. The summed E-state index contributed by atoms with van der Waals surface area (Å²) in [4.78, 5) is 49.7. The first-order valence-corrected chi connectivity index (χ1v) is 17.3. The van der Waals surface area contributed by atoms with Gasteiger partial charge in [0.25, 0.3) is 0 Å². The zero-order valence-electron chi connectivity index (χ0n) is 28.5. The van der Waals surface area contributed by atoms with Gasteiger partial charge in [-0.25, -0.2) is 4.79 Å². The van der Waals surface area contributed by atoms with E-state index in [2.05, 4.69) is 14.9 Å². The van der Waals surface area contributed by atoms with Crippen molar-refractivity contribution in [1.82, 2.24) is 4.98 Å². The molecule has 2 aliphatic heterocycles. The van der Waals surface area contributed by atoms with Crippen molar-refractivity contribution >= 4 is 40.8 Å². The van der Waals surface area contributed by atoms with Gasteiger partial charge >= 0.3 is 11.0 Å². The molecule has 0 aliphatic carbocycles. The molecular weight excluding hydrogens is 657 g/mol. The highest BCUT2D eigenvalue weighted by atomic mass is 32.1. The molecule has 4 aromatic rings. The molecule has 1 aromatic heterocycles. The molecule has 6 rings (SSSR count). The summed E-state index contributed by atoms with van der Waals surface area (Å²) in [5, 5.41) is 9.93. The Bertz CT molecular complexity index is 1970. The zero-order chi connectivity index (χ0) is 35.5. The second kappa shape index (κ2) is 14.2. The maximum Gasteiger partial charge on any atom is 0.414 e. The number of carbonyl (C=O) groups excluding carboxylic acids is 2. The number of benzene rings is 3. The average Bonchev–Trinajstić information content (AvgIpc) is 3.86. The number of aromatic nitrogens is 1. The largest absolute Gasteiger partial charge is 0.494 e. The molecule has 0 saturated carbocycles. The number of aromatic amines is 1. The minimum Gasteiger partial charge on any atom is -0.494 e. The van der Waals surface area contributed by atoms with Crippen LogP contribution in [-0.4, -0.2) is 60.5 Å². The van der Waals surface area contributed by atoms with Crippen LogP contribution in [0.1, 0.15) is 49.6 Å². The second-order valence-corrected chi connectivity index (χ2v) is 14.3.